The van der Waals surface area contributed by atoms with Crippen LogP contribution < -0.4 is 16.0 Å². The van der Waals surface area contributed by atoms with E-state index in [1.54, 1.807) is 6.08 Å². The number of hydrogen-bond acceptors (Lipinski definition) is 6. The molecule has 0 spiro atoms. The molecule has 40 heavy (non-hydrogen) atoms. The van der Waals surface area contributed by atoms with Gasteiger partial charge in [0.05, 0.1) is 28.2 Å². The number of nitrogen functional groups attached to an aromatic ring is 1. The molecule has 0 saturated heterocycles. The van der Waals surface area contributed by atoms with Crippen LogP contribution >= 0.6 is 0 Å². The smallest absolute Gasteiger partial charge is 0.182 e. The molecule has 4 rings (SSSR count). The summed E-state index contributed by atoms with van der Waals surface area (Å²) in [5, 5.41) is 14.5. The van der Waals surface area contributed by atoms with Crippen molar-refractivity contribution in [3.8, 4) is 18.4 Å². The maximum atomic E-state index is 10.0. The van der Waals surface area contributed by atoms with Gasteiger partial charge in [0.25, 0.3) is 0 Å². The molecule has 3 N–H and O–H groups in total. The van der Waals surface area contributed by atoms with Crippen molar-refractivity contribution in [1.29, 1.82) is 5.26 Å². The second kappa shape index (κ2) is 12.3. The second-order valence-corrected chi connectivity index (χ2v) is 10.9. The average Bonchev–Trinajstić information content (AvgIpc) is 3.32. The van der Waals surface area contributed by atoms with Gasteiger partial charge in [0, 0.05) is 55.6 Å². The zero-order valence-corrected chi connectivity index (χ0v) is 24.6. The van der Waals surface area contributed by atoms with E-state index in [4.69, 9.17) is 17.1 Å². The molecule has 3 aromatic rings. The molecule has 0 fully saturated rings. The van der Waals surface area contributed by atoms with Crippen LogP contribution in [-0.4, -0.2) is 54.6 Å². The minimum absolute atomic E-state index is 0.486. The van der Waals surface area contributed by atoms with Crippen LogP contribution in [0.15, 0.2) is 53.2 Å². The molecule has 1 atom stereocenters. The number of aliphatic imine (C=N–C) groups is 1. The predicted molar refractivity (Wildman–Crippen MR) is 169 cm³/mol. The molecule has 208 valence electrons. The standard InChI is InChI=1S/C33H41N7/c1-8-24(20-34)32(27-21-40-15-11-13-25-12-10-14-26(27)33(25)40)37-31(9-2)36-29-19-28(35)30(18-23(29)5)39(7)17-16-38(6)22(3)4/h2,8,10,12,14,18-19,21-22,31,36H,11,13,15-17,35H2,1,3-7H3/b24-8-,37-32+. The Morgan fingerprint density at radius 2 is 2.05 bits per heavy atom. The number of nitrogens with one attached hydrogen (secondary N) is 1. The lowest BCUT2D eigenvalue weighted by atomic mass is 9.99. The van der Waals surface area contributed by atoms with Gasteiger partial charge in [0.2, 0.25) is 0 Å². The third kappa shape index (κ3) is 5.86. The summed E-state index contributed by atoms with van der Waals surface area (Å²) >= 11 is 0. The lowest BCUT2D eigenvalue weighted by Crippen LogP contribution is -2.35. The molecule has 1 unspecified atom stereocenters. The molecule has 0 aliphatic carbocycles. The van der Waals surface area contributed by atoms with E-state index in [9.17, 15) is 5.26 Å². The van der Waals surface area contributed by atoms with Gasteiger partial charge in [-0.25, -0.2) is 4.99 Å². The number of nitrogens with zero attached hydrogens (tertiary/aromatic N) is 5. The van der Waals surface area contributed by atoms with E-state index in [0.29, 0.717) is 23.0 Å². The molecule has 2 heterocycles. The number of nitriles is 1. The monoisotopic (exact) mass is 535 g/mol. The van der Waals surface area contributed by atoms with E-state index in [0.717, 1.165) is 60.4 Å². The third-order valence-corrected chi connectivity index (χ3v) is 7.91. The zero-order chi connectivity index (χ0) is 29.0. The minimum Gasteiger partial charge on any atom is -0.397 e. The van der Waals surface area contributed by atoms with Crippen LogP contribution in [0.5, 0.6) is 0 Å². The zero-order valence-electron chi connectivity index (χ0n) is 24.6. The number of para-hydroxylation sites is 1. The Bertz CT molecular complexity index is 1530. The summed E-state index contributed by atoms with van der Waals surface area (Å²) in [5.74, 6) is 2.77. The summed E-state index contributed by atoms with van der Waals surface area (Å²) < 4.78 is 2.28. The normalized spacial score (nSPS) is 14.3. The number of anilines is 3. The summed E-state index contributed by atoms with van der Waals surface area (Å²) in [6.07, 6.45) is 11.4. The van der Waals surface area contributed by atoms with Gasteiger partial charge in [-0.15, -0.1) is 6.42 Å². The Hall–Kier alpha value is -4.20. The van der Waals surface area contributed by atoms with Crippen molar-refractivity contribution in [3.05, 3.63) is 64.9 Å². The highest BCUT2D eigenvalue weighted by molar-refractivity contribution is 6.21. The molecule has 0 radical (unpaired) electrons. The van der Waals surface area contributed by atoms with E-state index in [2.05, 4.69) is 90.1 Å². The van der Waals surface area contributed by atoms with Crippen LogP contribution in [0.2, 0.25) is 0 Å². The minimum atomic E-state index is -0.689. The number of nitrogens with two attached hydrogens (primary N) is 1. The molecule has 0 saturated carbocycles. The molecule has 7 nitrogen and oxygen atoms in total. The largest absolute Gasteiger partial charge is 0.397 e. The Kier molecular flexibility index (Phi) is 8.87. The van der Waals surface area contributed by atoms with Crippen LogP contribution in [0, 0.1) is 30.6 Å². The van der Waals surface area contributed by atoms with Gasteiger partial charge in [-0.1, -0.05) is 30.2 Å². The SMILES string of the molecule is C#CC(/N=C(\C(C#N)=C/C)c1cn2c3c(cccc13)CCC2)Nc1cc(N)c(N(C)CCN(C)C(C)C)cc1C. The highest BCUT2D eigenvalue weighted by Gasteiger charge is 2.22. The van der Waals surface area contributed by atoms with Crippen molar-refractivity contribution < 1.29 is 0 Å². The maximum absolute atomic E-state index is 10.0. The van der Waals surface area contributed by atoms with Gasteiger partial charge < -0.3 is 25.4 Å². The average molecular weight is 536 g/mol. The number of benzene rings is 2. The number of hydrogen-bond donors (Lipinski definition) is 2. The van der Waals surface area contributed by atoms with E-state index in [1.165, 1.54) is 11.1 Å². The predicted octanol–water partition coefficient (Wildman–Crippen LogP) is 5.58. The Morgan fingerprint density at radius 3 is 2.73 bits per heavy atom. The number of aromatic nitrogens is 1. The lowest BCUT2D eigenvalue weighted by Gasteiger charge is -2.27. The van der Waals surface area contributed by atoms with E-state index >= 15 is 0 Å². The first-order valence-corrected chi connectivity index (χ1v) is 14.0. The van der Waals surface area contributed by atoms with Gasteiger partial charge >= 0.3 is 0 Å². The highest BCUT2D eigenvalue weighted by atomic mass is 15.2. The molecule has 2 aromatic carbocycles. The molecular formula is C33H41N7. The fourth-order valence-corrected chi connectivity index (χ4v) is 5.25. The number of likely N-dealkylation sites (N-methyl/N-ethyl adjacent to an activating group) is 2. The van der Waals surface area contributed by atoms with Crippen molar-refractivity contribution in [2.45, 2.75) is 59.3 Å². The first-order valence-electron chi connectivity index (χ1n) is 14.0. The molecule has 7 heteroatoms. The summed E-state index contributed by atoms with van der Waals surface area (Å²) in [6, 6.07) is 13.2. The summed E-state index contributed by atoms with van der Waals surface area (Å²) in [6.45, 7) is 11.0. The van der Waals surface area contributed by atoms with Gasteiger partial charge in [0.15, 0.2) is 6.17 Å². The number of allylic oxidation sites excluding steroid dienone is 2. The van der Waals surface area contributed by atoms with E-state index in [1.807, 2.05) is 19.9 Å². The molecule has 1 aliphatic heterocycles. The summed E-state index contributed by atoms with van der Waals surface area (Å²) in [7, 11) is 4.19. The van der Waals surface area contributed by atoms with Gasteiger partial charge in [-0.05, 0) is 70.8 Å². The Morgan fingerprint density at radius 1 is 1.27 bits per heavy atom. The molecule has 0 amide bonds. The van der Waals surface area contributed by atoms with Crippen molar-refractivity contribution in [2.75, 3.05) is 43.1 Å². The number of aryl methyl sites for hydroxylation is 3. The quantitative estimate of drug-likeness (QED) is 0.153. The fourth-order valence-electron chi connectivity index (χ4n) is 5.25. The highest BCUT2D eigenvalue weighted by Crippen LogP contribution is 2.32. The molecule has 1 aromatic heterocycles. The van der Waals surface area contributed by atoms with Crippen molar-refractivity contribution in [3.63, 3.8) is 0 Å². The Balaban J connectivity index is 1.67. The van der Waals surface area contributed by atoms with Gasteiger partial charge in [-0.3, -0.25) is 0 Å². The molecular weight excluding hydrogens is 494 g/mol. The number of rotatable bonds is 10. The summed E-state index contributed by atoms with van der Waals surface area (Å²) in [5.41, 5.74) is 14.6. The Labute approximate surface area is 239 Å². The lowest BCUT2D eigenvalue weighted by molar-refractivity contribution is 0.280. The van der Waals surface area contributed by atoms with Gasteiger partial charge in [0.1, 0.15) is 6.07 Å². The fraction of sp³-hybridized carbons (Fsp3) is 0.394. The van der Waals surface area contributed by atoms with Crippen LogP contribution in [0.4, 0.5) is 17.1 Å². The van der Waals surface area contributed by atoms with Crippen LogP contribution in [0.25, 0.3) is 10.9 Å². The third-order valence-electron chi connectivity index (χ3n) is 7.91. The first kappa shape index (κ1) is 28.8. The van der Waals surface area contributed by atoms with Crippen LogP contribution in [0.3, 0.4) is 0 Å². The first-order chi connectivity index (χ1) is 19.2. The van der Waals surface area contributed by atoms with Crippen LogP contribution in [-0.2, 0) is 13.0 Å². The molecule has 0 bridgehead atoms. The van der Waals surface area contributed by atoms with Crippen molar-refractivity contribution >= 4 is 33.7 Å². The molecule has 1 aliphatic rings. The number of terminal acetylenes is 1. The van der Waals surface area contributed by atoms with Gasteiger partial charge in [-0.2, -0.15) is 5.26 Å². The topological polar surface area (TPSA) is 85.6 Å². The van der Waals surface area contributed by atoms with E-state index < -0.39 is 6.17 Å². The van der Waals surface area contributed by atoms with Crippen LogP contribution in [0.1, 0.15) is 43.9 Å². The summed E-state index contributed by atoms with van der Waals surface area (Å²) in [4.78, 5) is 9.45. The second-order valence-electron chi connectivity index (χ2n) is 10.9. The van der Waals surface area contributed by atoms with Crippen molar-refractivity contribution in [2.24, 2.45) is 4.99 Å². The van der Waals surface area contributed by atoms with Crippen molar-refractivity contribution in [1.82, 2.24) is 9.47 Å². The van der Waals surface area contributed by atoms with E-state index in [-0.39, 0.29) is 0 Å². The maximum Gasteiger partial charge on any atom is 0.182 e.